The van der Waals surface area contributed by atoms with Gasteiger partial charge in [0.1, 0.15) is 23.7 Å². The van der Waals surface area contributed by atoms with Crippen LogP contribution >= 0.6 is 0 Å². The Hall–Kier alpha value is -2.78. The van der Waals surface area contributed by atoms with Crippen molar-refractivity contribution in [3.63, 3.8) is 0 Å². The molecule has 1 aliphatic carbocycles. The Bertz CT molecular complexity index is 1260. The minimum absolute atomic E-state index is 0.0682. The van der Waals surface area contributed by atoms with Crippen LogP contribution in [-0.4, -0.2) is 47.1 Å². The molecule has 2 saturated heterocycles. The molecule has 0 radical (unpaired) electrons. The highest BCUT2D eigenvalue weighted by Gasteiger charge is 2.57. The topological polar surface area (TPSA) is 71.3 Å². The van der Waals surface area contributed by atoms with Gasteiger partial charge in [0, 0.05) is 55.3 Å². The fraction of sp³-hybridized carbons (Fsp3) is 0.440. The number of rotatable bonds is 5. The zero-order valence-corrected chi connectivity index (χ0v) is 19.7. The smallest absolute Gasteiger partial charge is 0.221 e. The van der Waals surface area contributed by atoms with E-state index in [1.165, 1.54) is 4.31 Å². The van der Waals surface area contributed by atoms with Crippen molar-refractivity contribution < 1.29 is 12.8 Å². The second kappa shape index (κ2) is 8.46. The highest BCUT2D eigenvalue weighted by molar-refractivity contribution is 7.89. The maximum absolute atomic E-state index is 15.2. The number of aromatic nitrogens is 3. The minimum Gasteiger partial charge on any atom is -0.371 e. The normalized spacial score (nSPS) is 28.4. The van der Waals surface area contributed by atoms with E-state index in [9.17, 15) is 8.42 Å². The highest BCUT2D eigenvalue weighted by atomic mass is 32.2. The molecule has 0 N–H and O–H groups in total. The first-order valence-electron chi connectivity index (χ1n) is 11.9. The SMILES string of the molecule is O=S1(=O)[C@@H](c2ccccc2)CCCCN1Cc1ccc(N2C[C@@H]3[C@H](C2)[C@H]3n2cnnc2)cc1F. The van der Waals surface area contributed by atoms with Gasteiger partial charge in [-0.2, -0.15) is 4.31 Å². The molecule has 34 heavy (non-hydrogen) atoms. The molecule has 178 valence electrons. The van der Waals surface area contributed by atoms with E-state index in [4.69, 9.17) is 0 Å². The van der Waals surface area contributed by atoms with Crippen LogP contribution in [0.1, 0.15) is 41.7 Å². The molecule has 0 amide bonds. The van der Waals surface area contributed by atoms with Gasteiger partial charge in [-0.25, -0.2) is 12.8 Å². The highest BCUT2D eigenvalue weighted by Crippen LogP contribution is 2.55. The fourth-order valence-corrected chi connectivity index (χ4v) is 7.84. The number of nitrogens with zero attached hydrogens (tertiary/aromatic N) is 5. The molecule has 9 heteroatoms. The Morgan fingerprint density at radius 2 is 1.71 bits per heavy atom. The van der Waals surface area contributed by atoms with Crippen LogP contribution in [-0.2, 0) is 16.6 Å². The van der Waals surface area contributed by atoms with Gasteiger partial charge in [-0.05, 0) is 30.5 Å². The summed E-state index contributed by atoms with van der Waals surface area (Å²) in [6.07, 6.45) is 5.75. The summed E-state index contributed by atoms with van der Waals surface area (Å²) in [5, 5.41) is 7.22. The lowest BCUT2D eigenvalue weighted by atomic mass is 10.1. The van der Waals surface area contributed by atoms with Gasteiger partial charge in [-0.3, -0.25) is 0 Å². The van der Waals surface area contributed by atoms with E-state index in [0.29, 0.717) is 36.4 Å². The van der Waals surface area contributed by atoms with Crippen molar-refractivity contribution in [3.8, 4) is 0 Å². The van der Waals surface area contributed by atoms with Gasteiger partial charge in [0.2, 0.25) is 10.0 Å². The number of halogens is 1. The molecule has 3 heterocycles. The van der Waals surface area contributed by atoms with Crippen LogP contribution < -0.4 is 4.90 Å². The zero-order valence-electron chi connectivity index (χ0n) is 18.9. The summed E-state index contributed by atoms with van der Waals surface area (Å²) in [6.45, 7) is 2.25. The van der Waals surface area contributed by atoms with Gasteiger partial charge in [-0.15, -0.1) is 10.2 Å². The fourth-order valence-electron chi connectivity index (χ4n) is 5.81. The zero-order chi connectivity index (χ0) is 23.3. The predicted octanol–water partition coefficient (Wildman–Crippen LogP) is 3.78. The summed E-state index contributed by atoms with van der Waals surface area (Å²) in [6, 6.07) is 15.1. The molecule has 3 aliphatic rings. The lowest BCUT2D eigenvalue weighted by Gasteiger charge is -2.26. The second-order valence-corrected chi connectivity index (χ2v) is 11.8. The van der Waals surface area contributed by atoms with Crippen molar-refractivity contribution in [1.82, 2.24) is 19.1 Å². The Labute approximate surface area is 199 Å². The van der Waals surface area contributed by atoms with Crippen molar-refractivity contribution in [3.05, 3.63) is 78.1 Å². The van der Waals surface area contributed by atoms with Crippen LogP contribution in [0.4, 0.5) is 10.1 Å². The van der Waals surface area contributed by atoms with Crippen LogP contribution in [0.2, 0.25) is 0 Å². The van der Waals surface area contributed by atoms with Crippen LogP contribution in [0.15, 0.2) is 61.2 Å². The molecule has 3 aromatic rings. The van der Waals surface area contributed by atoms with Gasteiger partial charge in [0.25, 0.3) is 0 Å². The lowest BCUT2D eigenvalue weighted by Crippen LogP contribution is -2.34. The van der Waals surface area contributed by atoms with Gasteiger partial charge in [0.05, 0.1) is 0 Å². The van der Waals surface area contributed by atoms with E-state index in [1.807, 2.05) is 36.4 Å². The van der Waals surface area contributed by atoms with E-state index in [2.05, 4.69) is 19.7 Å². The number of fused-ring (bicyclic) bond motifs is 1. The summed E-state index contributed by atoms with van der Waals surface area (Å²) in [4.78, 5) is 2.22. The maximum Gasteiger partial charge on any atom is 0.221 e. The molecule has 0 bridgehead atoms. The number of benzene rings is 2. The standard InChI is InChI=1S/C25H28FN5O2S/c26-23-12-20(29-14-21-22(15-29)25(21)30-16-27-28-17-30)10-9-19(23)13-31-11-5-4-8-24(34(31,32)33)18-6-2-1-3-7-18/h1-3,6-7,9-10,12,16-17,21-22,24-25H,4-5,8,11,13-15H2/t21-,22+,24-,25+/m1/s1. The van der Waals surface area contributed by atoms with Gasteiger partial charge < -0.3 is 9.47 Å². The Kier molecular flexibility index (Phi) is 5.41. The second-order valence-electron chi connectivity index (χ2n) is 9.68. The molecule has 4 atom stereocenters. The number of hydrogen-bond donors (Lipinski definition) is 0. The minimum atomic E-state index is -3.58. The molecule has 1 saturated carbocycles. The van der Waals surface area contributed by atoms with Crippen LogP contribution in [0.3, 0.4) is 0 Å². The maximum atomic E-state index is 15.2. The van der Waals surface area contributed by atoms with Crippen molar-refractivity contribution in [2.24, 2.45) is 11.8 Å². The molecule has 2 aliphatic heterocycles. The average Bonchev–Trinajstić information content (AvgIpc) is 3.19. The van der Waals surface area contributed by atoms with Crippen LogP contribution in [0.5, 0.6) is 0 Å². The first-order valence-corrected chi connectivity index (χ1v) is 13.4. The monoisotopic (exact) mass is 481 g/mol. The van der Waals surface area contributed by atoms with E-state index in [-0.39, 0.29) is 12.4 Å². The number of sulfonamides is 1. The van der Waals surface area contributed by atoms with Crippen molar-refractivity contribution in [2.75, 3.05) is 24.5 Å². The molecule has 0 unspecified atom stereocenters. The van der Waals surface area contributed by atoms with Crippen LogP contribution in [0, 0.1) is 17.7 Å². The third-order valence-electron chi connectivity index (χ3n) is 7.69. The van der Waals surface area contributed by atoms with E-state index in [1.54, 1.807) is 24.8 Å². The van der Waals surface area contributed by atoms with Crippen molar-refractivity contribution in [1.29, 1.82) is 0 Å². The molecule has 7 nitrogen and oxygen atoms in total. The third-order valence-corrected chi connectivity index (χ3v) is 9.95. The van der Waals surface area contributed by atoms with E-state index in [0.717, 1.165) is 37.2 Å². The molecule has 2 aromatic carbocycles. The van der Waals surface area contributed by atoms with Gasteiger partial charge >= 0.3 is 0 Å². The third kappa shape index (κ3) is 3.80. The average molecular weight is 482 g/mol. The Morgan fingerprint density at radius 3 is 2.41 bits per heavy atom. The largest absolute Gasteiger partial charge is 0.371 e. The van der Waals surface area contributed by atoms with Gasteiger partial charge in [-0.1, -0.05) is 42.8 Å². The summed E-state index contributed by atoms with van der Waals surface area (Å²) in [5.41, 5.74) is 2.09. The van der Waals surface area contributed by atoms with Crippen LogP contribution in [0.25, 0.3) is 0 Å². The summed E-state index contributed by atoms with van der Waals surface area (Å²) in [7, 11) is -3.58. The van der Waals surface area contributed by atoms with Crippen molar-refractivity contribution in [2.45, 2.75) is 37.1 Å². The molecule has 6 rings (SSSR count). The molecule has 3 fully saturated rings. The van der Waals surface area contributed by atoms with E-state index >= 15 is 4.39 Å². The number of hydrogen-bond acceptors (Lipinski definition) is 5. The number of anilines is 1. The summed E-state index contributed by atoms with van der Waals surface area (Å²) < 4.78 is 45.7. The Morgan fingerprint density at radius 1 is 0.971 bits per heavy atom. The molecule has 1 aromatic heterocycles. The van der Waals surface area contributed by atoms with Gasteiger partial charge in [0.15, 0.2) is 0 Å². The lowest BCUT2D eigenvalue weighted by molar-refractivity contribution is 0.398. The summed E-state index contributed by atoms with van der Waals surface area (Å²) >= 11 is 0. The number of piperidine rings is 1. The first kappa shape index (κ1) is 21.7. The summed E-state index contributed by atoms with van der Waals surface area (Å²) in [5.74, 6) is 0.732. The van der Waals surface area contributed by atoms with E-state index < -0.39 is 15.3 Å². The van der Waals surface area contributed by atoms with Crippen molar-refractivity contribution >= 4 is 15.7 Å². The molecule has 0 spiro atoms. The predicted molar refractivity (Wildman–Crippen MR) is 127 cm³/mol. The molecular weight excluding hydrogens is 453 g/mol. The Balaban J connectivity index is 1.16. The molecular formula is C25H28FN5O2S. The first-order chi connectivity index (χ1) is 16.5. The quantitative estimate of drug-likeness (QED) is 0.555.